The van der Waals surface area contributed by atoms with E-state index in [0.29, 0.717) is 25.4 Å². The summed E-state index contributed by atoms with van der Waals surface area (Å²) in [4.78, 5) is 42.5. The van der Waals surface area contributed by atoms with E-state index in [9.17, 15) is 14.4 Å². The molecular weight excluding hydrogens is 399 g/mol. The third kappa shape index (κ3) is 7.23. The van der Waals surface area contributed by atoms with Gasteiger partial charge in [0, 0.05) is 38.5 Å². The number of hydroxylamine groups is 1. The Morgan fingerprint density at radius 3 is 2.20 bits per heavy atom. The molecule has 1 saturated heterocycles. The highest BCUT2D eigenvalue weighted by Gasteiger charge is 2.38. The Balaban J connectivity index is 2.08. The number of nitrogens with one attached hydrogen (secondary N) is 2. The SMILES string of the molecule is CC(C)(C)[C@H](NC(=O)[C@@H](CC(=O)NO)CC1CCCC1)C(=O)N1CCN([CH2][AlH2])CC1. The maximum Gasteiger partial charge on any atom is 0.245 e. The van der Waals surface area contributed by atoms with Gasteiger partial charge in [-0.25, -0.2) is 5.48 Å². The average molecular weight is 439 g/mol. The molecule has 170 valence electrons. The summed E-state index contributed by atoms with van der Waals surface area (Å²) in [6, 6.07) is -0.643. The van der Waals surface area contributed by atoms with Gasteiger partial charge in [-0.3, -0.25) is 19.6 Å². The first kappa shape index (κ1) is 25.1. The molecule has 2 rings (SSSR count). The Hall–Kier alpha value is -1.14. The molecule has 0 aromatic carbocycles. The lowest BCUT2D eigenvalue weighted by molar-refractivity contribution is -0.142. The molecule has 0 aromatic heterocycles. The molecule has 1 aliphatic heterocycles. The van der Waals surface area contributed by atoms with E-state index in [1.54, 1.807) is 5.48 Å². The monoisotopic (exact) mass is 438 g/mol. The Morgan fingerprint density at radius 1 is 1.10 bits per heavy atom. The van der Waals surface area contributed by atoms with E-state index in [0.717, 1.165) is 60.5 Å². The van der Waals surface area contributed by atoms with E-state index in [2.05, 4.69) is 10.2 Å². The minimum atomic E-state index is -0.643. The summed E-state index contributed by atoms with van der Waals surface area (Å²) in [6.07, 6.45) is 4.99. The fourth-order valence-corrected chi connectivity index (χ4v) is 5.21. The highest BCUT2D eigenvalue weighted by molar-refractivity contribution is 6.08. The van der Waals surface area contributed by atoms with E-state index < -0.39 is 23.3 Å². The van der Waals surface area contributed by atoms with E-state index in [-0.39, 0.29) is 18.2 Å². The molecule has 0 spiro atoms. The lowest BCUT2D eigenvalue weighted by Gasteiger charge is -2.39. The first-order valence-electron chi connectivity index (χ1n) is 11.4. The molecule has 3 amide bonds. The van der Waals surface area contributed by atoms with Gasteiger partial charge in [-0.15, -0.1) is 0 Å². The molecule has 1 saturated carbocycles. The summed E-state index contributed by atoms with van der Waals surface area (Å²) in [7, 11) is 0. The van der Waals surface area contributed by atoms with Crippen LogP contribution >= 0.6 is 0 Å². The summed E-state index contributed by atoms with van der Waals surface area (Å²) in [6.45, 7) is 8.98. The van der Waals surface area contributed by atoms with Gasteiger partial charge < -0.3 is 15.1 Å². The standard InChI is InChI=1S/C21H37N4O4.Al.2H/c1-21(2,3)18(20(28)25-11-9-24(4)10-12-25)22-19(27)16(14-17(26)23-29)13-15-7-5-6-8-15;;;/h15-16,18,29H,4-14H2,1-3H3,(H,22,27)(H,23,26);;;/t16-,18-;;;/m1.../s1. The molecule has 2 aliphatic rings. The van der Waals surface area contributed by atoms with Gasteiger partial charge in [0.15, 0.2) is 0 Å². The number of nitrogens with zero attached hydrogens (tertiary/aromatic N) is 2. The lowest BCUT2D eigenvalue weighted by Crippen LogP contribution is -2.59. The summed E-state index contributed by atoms with van der Waals surface area (Å²) < 4.78 is 0. The molecule has 0 bridgehead atoms. The molecule has 3 N–H and O–H groups in total. The number of rotatable bonds is 8. The Kier molecular flexibility index (Phi) is 9.61. The van der Waals surface area contributed by atoms with Crippen molar-refractivity contribution in [1.82, 2.24) is 20.6 Å². The zero-order valence-electron chi connectivity index (χ0n) is 19.1. The Labute approximate surface area is 188 Å². The normalized spacial score (nSPS) is 20.6. The summed E-state index contributed by atoms with van der Waals surface area (Å²) >= 11 is 1.12. The minimum absolute atomic E-state index is 0.0462. The van der Waals surface area contributed by atoms with Crippen LogP contribution in [0.15, 0.2) is 0 Å². The lowest BCUT2D eigenvalue weighted by atomic mass is 9.84. The number of hydrogen-bond acceptors (Lipinski definition) is 5. The fourth-order valence-electron chi connectivity index (χ4n) is 4.58. The van der Waals surface area contributed by atoms with Crippen LogP contribution in [0.3, 0.4) is 0 Å². The number of amides is 3. The van der Waals surface area contributed by atoms with Gasteiger partial charge in [0.2, 0.25) is 34.0 Å². The van der Waals surface area contributed by atoms with Gasteiger partial charge in [0.05, 0.1) is 0 Å². The van der Waals surface area contributed by atoms with Crippen molar-refractivity contribution < 1.29 is 19.6 Å². The smallest absolute Gasteiger partial charge is 0.245 e. The Bertz CT molecular complexity index is 596. The molecule has 0 unspecified atom stereocenters. The highest BCUT2D eigenvalue weighted by Crippen LogP contribution is 2.32. The molecule has 1 aliphatic carbocycles. The van der Waals surface area contributed by atoms with Gasteiger partial charge in [0.1, 0.15) is 6.04 Å². The largest absolute Gasteiger partial charge is 0.344 e. The van der Waals surface area contributed by atoms with Crippen molar-refractivity contribution >= 4 is 34.0 Å². The van der Waals surface area contributed by atoms with Crippen LogP contribution in [0.4, 0.5) is 0 Å². The molecule has 0 aromatic rings. The molecular formula is C21H39AlN4O4. The van der Waals surface area contributed by atoms with Crippen molar-refractivity contribution in [3.8, 4) is 0 Å². The van der Waals surface area contributed by atoms with Crippen LogP contribution in [0.2, 0.25) is 0 Å². The third-order valence-corrected chi connectivity index (χ3v) is 7.45. The van der Waals surface area contributed by atoms with Gasteiger partial charge in [0.25, 0.3) is 0 Å². The van der Waals surface area contributed by atoms with Gasteiger partial charge in [-0.05, 0) is 17.8 Å². The zero-order valence-corrected chi connectivity index (χ0v) is 21.1. The van der Waals surface area contributed by atoms with Gasteiger partial charge in [-0.1, -0.05) is 51.9 Å². The van der Waals surface area contributed by atoms with Gasteiger partial charge >= 0.3 is 0 Å². The zero-order chi connectivity index (χ0) is 22.3. The molecule has 0 radical (unpaired) electrons. The second-order valence-corrected chi connectivity index (χ2v) is 10.5. The second-order valence-electron chi connectivity index (χ2n) is 9.89. The number of carbonyl (C=O) groups excluding carboxylic acids is 3. The van der Waals surface area contributed by atoms with Crippen molar-refractivity contribution in [2.45, 2.75) is 65.3 Å². The van der Waals surface area contributed by atoms with E-state index in [1.165, 1.54) is 0 Å². The van der Waals surface area contributed by atoms with Crippen molar-refractivity contribution in [1.29, 1.82) is 0 Å². The van der Waals surface area contributed by atoms with E-state index in [4.69, 9.17) is 5.21 Å². The molecule has 9 heteroatoms. The maximum atomic E-state index is 13.3. The second kappa shape index (κ2) is 11.5. The first-order chi connectivity index (χ1) is 14.2. The number of hydrogen-bond donors (Lipinski definition) is 3. The first-order valence-corrected chi connectivity index (χ1v) is 12.8. The summed E-state index contributed by atoms with van der Waals surface area (Å²) in [5.41, 5.74) is 1.20. The predicted molar refractivity (Wildman–Crippen MR) is 118 cm³/mol. The Morgan fingerprint density at radius 2 is 1.70 bits per heavy atom. The topological polar surface area (TPSA) is 102 Å². The molecule has 2 fully saturated rings. The van der Waals surface area contributed by atoms with Crippen molar-refractivity contribution in [2.75, 3.05) is 31.6 Å². The van der Waals surface area contributed by atoms with Crippen LogP contribution < -0.4 is 10.8 Å². The summed E-state index contributed by atoms with van der Waals surface area (Å²) in [5, 5.41) is 13.0. The quantitative estimate of drug-likeness (QED) is 0.288. The number of carbonyl (C=O) groups is 3. The molecule has 8 nitrogen and oxygen atoms in total. The van der Waals surface area contributed by atoms with Crippen LogP contribution in [0, 0.1) is 17.3 Å². The van der Waals surface area contributed by atoms with Crippen molar-refractivity contribution in [2.24, 2.45) is 17.3 Å². The molecule has 1 heterocycles. The third-order valence-electron chi connectivity index (χ3n) is 6.55. The maximum absolute atomic E-state index is 13.3. The van der Waals surface area contributed by atoms with Crippen LogP contribution in [0.5, 0.6) is 0 Å². The van der Waals surface area contributed by atoms with Crippen molar-refractivity contribution in [3.05, 3.63) is 0 Å². The minimum Gasteiger partial charge on any atom is -0.344 e. The van der Waals surface area contributed by atoms with Crippen LogP contribution in [0.25, 0.3) is 0 Å². The van der Waals surface area contributed by atoms with Crippen LogP contribution in [-0.4, -0.2) is 86.6 Å². The van der Waals surface area contributed by atoms with Crippen LogP contribution in [0.1, 0.15) is 59.3 Å². The predicted octanol–water partition coefficient (Wildman–Crippen LogP) is 0.344. The molecule has 30 heavy (non-hydrogen) atoms. The average Bonchev–Trinajstić information content (AvgIpc) is 3.23. The highest BCUT2D eigenvalue weighted by atomic mass is 27.0. The van der Waals surface area contributed by atoms with Gasteiger partial charge in [-0.2, -0.15) is 0 Å². The van der Waals surface area contributed by atoms with E-state index >= 15 is 0 Å². The van der Waals surface area contributed by atoms with Crippen LogP contribution in [-0.2, 0) is 14.4 Å². The van der Waals surface area contributed by atoms with Crippen molar-refractivity contribution in [3.63, 3.8) is 0 Å². The summed E-state index contributed by atoms with van der Waals surface area (Å²) in [5.74, 6) is -1.00. The number of piperazine rings is 1. The fraction of sp³-hybridized carbons (Fsp3) is 0.857. The molecule has 2 atom stereocenters. The van der Waals surface area contributed by atoms with E-state index in [1.807, 2.05) is 25.7 Å².